The molecule has 0 spiro atoms. The van der Waals surface area contributed by atoms with Crippen LogP contribution in [0.3, 0.4) is 0 Å². The molecule has 19 heavy (non-hydrogen) atoms. The molecule has 1 aromatic rings. The maximum atomic E-state index is 5.98. The Morgan fingerprint density at radius 2 is 1.89 bits per heavy atom. The first-order valence-corrected chi connectivity index (χ1v) is 8.39. The molecule has 0 fully saturated rings. The molecule has 1 atom stereocenters. The predicted octanol–water partition coefficient (Wildman–Crippen LogP) is 2.80. The highest BCUT2D eigenvalue weighted by Gasteiger charge is 2.17. The molecule has 0 aliphatic rings. The van der Waals surface area contributed by atoms with E-state index in [0.717, 1.165) is 26.2 Å². The summed E-state index contributed by atoms with van der Waals surface area (Å²) in [5.41, 5.74) is 7.35. The summed E-state index contributed by atoms with van der Waals surface area (Å²) in [4.78, 5) is 4.99. The highest BCUT2D eigenvalue weighted by Crippen LogP contribution is 2.22. The molecule has 110 valence electrons. The van der Waals surface area contributed by atoms with Gasteiger partial charge in [-0.3, -0.25) is 4.90 Å². The molecule has 1 heterocycles. The van der Waals surface area contributed by atoms with Crippen LogP contribution in [0.2, 0.25) is 0 Å². The van der Waals surface area contributed by atoms with Gasteiger partial charge in [-0.05, 0) is 55.0 Å². The van der Waals surface area contributed by atoms with Crippen molar-refractivity contribution in [2.45, 2.75) is 33.2 Å². The van der Waals surface area contributed by atoms with Crippen LogP contribution in [-0.4, -0.2) is 49.1 Å². The first-order valence-electron chi connectivity index (χ1n) is 7.45. The summed E-state index contributed by atoms with van der Waals surface area (Å²) in [6.07, 6.45) is 1.22. The lowest BCUT2D eigenvalue weighted by atomic mass is 10.1. The zero-order valence-electron chi connectivity index (χ0n) is 12.6. The lowest BCUT2D eigenvalue weighted by Gasteiger charge is -2.30. The minimum atomic E-state index is 0.382. The largest absolute Gasteiger partial charge is 0.329 e. The highest BCUT2D eigenvalue weighted by atomic mass is 32.1. The monoisotopic (exact) mass is 283 g/mol. The van der Waals surface area contributed by atoms with Crippen LogP contribution < -0.4 is 5.73 Å². The average Bonchev–Trinajstić information content (AvgIpc) is 2.96. The molecule has 0 aromatic carbocycles. The quantitative estimate of drug-likeness (QED) is 0.716. The van der Waals surface area contributed by atoms with Gasteiger partial charge in [0.1, 0.15) is 0 Å². The van der Waals surface area contributed by atoms with E-state index in [9.17, 15) is 0 Å². The molecule has 0 aliphatic heterocycles. The molecule has 1 rings (SSSR count). The van der Waals surface area contributed by atoms with E-state index in [2.05, 4.69) is 47.4 Å². The van der Waals surface area contributed by atoms with E-state index < -0.39 is 0 Å². The molecular weight excluding hydrogens is 254 g/mol. The topological polar surface area (TPSA) is 32.5 Å². The molecule has 1 unspecified atom stereocenters. The first kappa shape index (κ1) is 16.6. The molecule has 0 saturated carbocycles. The van der Waals surface area contributed by atoms with Crippen LogP contribution in [0.4, 0.5) is 0 Å². The average molecular weight is 283 g/mol. The Labute approximate surface area is 122 Å². The third-order valence-electron chi connectivity index (χ3n) is 3.81. The van der Waals surface area contributed by atoms with Crippen LogP contribution in [0.15, 0.2) is 16.8 Å². The van der Waals surface area contributed by atoms with Crippen molar-refractivity contribution in [3.8, 4) is 0 Å². The van der Waals surface area contributed by atoms with Crippen LogP contribution in [0.5, 0.6) is 0 Å². The summed E-state index contributed by atoms with van der Waals surface area (Å²) >= 11 is 1.76. The third kappa shape index (κ3) is 5.22. The second-order valence-electron chi connectivity index (χ2n) is 4.82. The molecule has 1 aromatic heterocycles. The van der Waals surface area contributed by atoms with E-state index in [1.54, 1.807) is 11.3 Å². The SMILES string of the molecule is CCN(CC)CCCN(CC)C(CN)c1ccsc1. The van der Waals surface area contributed by atoms with Gasteiger partial charge in [0.25, 0.3) is 0 Å². The number of hydrogen-bond donors (Lipinski definition) is 1. The first-order chi connectivity index (χ1) is 9.26. The van der Waals surface area contributed by atoms with E-state index in [1.807, 2.05) is 0 Å². The number of hydrogen-bond acceptors (Lipinski definition) is 4. The minimum Gasteiger partial charge on any atom is -0.329 e. The van der Waals surface area contributed by atoms with Crippen LogP contribution in [-0.2, 0) is 0 Å². The summed E-state index contributed by atoms with van der Waals surface area (Å²) in [7, 11) is 0. The van der Waals surface area contributed by atoms with Gasteiger partial charge >= 0.3 is 0 Å². The number of thiophene rings is 1. The number of nitrogens with zero attached hydrogens (tertiary/aromatic N) is 2. The molecule has 0 aliphatic carbocycles. The van der Waals surface area contributed by atoms with E-state index in [4.69, 9.17) is 5.73 Å². The number of nitrogens with two attached hydrogens (primary N) is 1. The fourth-order valence-corrected chi connectivity index (χ4v) is 3.24. The summed E-state index contributed by atoms with van der Waals surface area (Å²) in [6.45, 7) is 13.1. The normalized spacial score (nSPS) is 13.4. The van der Waals surface area contributed by atoms with Crippen molar-refractivity contribution in [1.29, 1.82) is 0 Å². The third-order valence-corrected chi connectivity index (χ3v) is 4.51. The van der Waals surface area contributed by atoms with Gasteiger partial charge in [-0.15, -0.1) is 0 Å². The van der Waals surface area contributed by atoms with Crippen LogP contribution in [0, 0.1) is 0 Å². The van der Waals surface area contributed by atoms with Gasteiger partial charge in [0.15, 0.2) is 0 Å². The van der Waals surface area contributed by atoms with Crippen molar-refractivity contribution >= 4 is 11.3 Å². The number of likely N-dealkylation sites (N-methyl/N-ethyl adjacent to an activating group) is 1. The molecule has 0 saturated heterocycles. The molecule has 0 amide bonds. The van der Waals surface area contributed by atoms with E-state index in [1.165, 1.54) is 18.5 Å². The fourth-order valence-electron chi connectivity index (χ4n) is 2.53. The predicted molar refractivity (Wildman–Crippen MR) is 85.8 cm³/mol. The van der Waals surface area contributed by atoms with Gasteiger partial charge in [-0.25, -0.2) is 0 Å². The van der Waals surface area contributed by atoms with Crippen molar-refractivity contribution in [2.75, 3.05) is 39.3 Å². The van der Waals surface area contributed by atoms with E-state index >= 15 is 0 Å². The standard InChI is InChI=1S/C15H29N3S/c1-4-17(5-2)9-7-10-18(6-3)15(12-16)14-8-11-19-13-14/h8,11,13,15H,4-7,9-10,12,16H2,1-3H3. The van der Waals surface area contributed by atoms with Gasteiger partial charge < -0.3 is 10.6 Å². The molecule has 0 bridgehead atoms. The lowest BCUT2D eigenvalue weighted by Crippen LogP contribution is -2.36. The summed E-state index contributed by atoms with van der Waals surface area (Å²) in [5.74, 6) is 0. The molecular formula is C15H29N3S. The van der Waals surface area contributed by atoms with Crippen LogP contribution in [0.25, 0.3) is 0 Å². The van der Waals surface area contributed by atoms with Crippen LogP contribution in [0.1, 0.15) is 38.8 Å². The summed E-state index contributed by atoms with van der Waals surface area (Å²) in [6, 6.07) is 2.59. The second kappa shape index (κ2) is 9.48. The molecule has 4 heteroatoms. The Morgan fingerprint density at radius 3 is 2.37 bits per heavy atom. The fraction of sp³-hybridized carbons (Fsp3) is 0.733. The Bertz CT molecular complexity index is 309. The number of rotatable bonds is 10. The Morgan fingerprint density at radius 1 is 1.16 bits per heavy atom. The Balaban J connectivity index is 2.47. The second-order valence-corrected chi connectivity index (χ2v) is 5.60. The molecule has 0 radical (unpaired) electrons. The molecule has 3 nitrogen and oxygen atoms in total. The Hall–Kier alpha value is -0.420. The van der Waals surface area contributed by atoms with Gasteiger partial charge in [-0.2, -0.15) is 11.3 Å². The zero-order chi connectivity index (χ0) is 14.1. The van der Waals surface area contributed by atoms with Gasteiger partial charge in [-0.1, -0.05) is 20.8 Å². The maximum absolute atomic E-state index is 5.98. The maximum Gasteiger partial charge on any atom is 0.0478 e. The van der Waals surface area contributed by atoms with Crippen LogP contribution >= 0.6 is 11.3 Å². The Kier molecular flexibility index (Phi) is 8.30. The molecule has 2 N–H and O–H groups in total. The van der Waals surface area contributed by atoms with Gasteiger partial charge in [0, 0.05) is 19.1 Å². The van der Waals surface area contributed by atoms with E-state index in [0.29, 0.717) is 12.6 Å². The summed E-state index contributed by atoms with van der Waals surface area (Å²) < 4.78 is 0. The zero-order valence-corrected chi connectivity index (χ0v) is 13.5. The van der Waals surface area contributed by atoms with Crippen molar-refractivity contribution in [3.05, 3.63) is 22.4 Å². The van der Waals surface area contributed by atoms with Crippen molar-refractivity contribution < 1.29 is 0 Å². The lowest BCUT2D eigenvalue weighted by molar-refractivity contribution is 0.193. The minimum absolute atomic E-state index is 0.382. The van der Waals surface area contributed by atoms with Gasteiger partial charge in [0.2, 0.25) is 0 Å². The summed E-state index contributed by atoms with van der Waals surface area (Å²) in [5, 5.41) is 4.37. The van der Waals surface area contributed by atoms with Crippen molar-refractivity contribution in [2.24, 2.45) is 5.73 Å². The smallest absolute Gasteiger partial charge is 0.0478 e. The van der Waals surface area contributed by atoms with E-state index in [-0.39, 0.29) is 0 Å². The van der Waals surface area contributed by atoms with Crippen molar-refractivity contribution in [3.63, 3.8) is 0 Å². The van der Waals surface area contributed by atoms with Crippen molar-refractivity contribution in [1.82, 2.24) is 9.80 Å². The highest BCUT2D eigenvalue weighted by molar-refractivity contribution is 7.07. The van der Waals surface area contributed by atoms with Gasteiger partial charge in [0.05, 0.1) is 0 Å².